The molecule has 0 spiro atoms. The van der Waals surface area contributed by atoms with Crippen molar-refractivity contribution >= 4 is 16.0 Å². The van der Waals surface area contributed by atoms with Crippen LogP contribution in [0.3, 0.4) is 0 Å². The molecule has 0 aliphatic rings. The number of amides is 1. The highest BCUT2D eigenvalue weighted by Gasteiger charge is 2.24. The van der Waals surface area contributed by atoms with Gasteiger partial charge in [0.05, 0.1) is 17.9 Å². The Kier molecular flexibility index (Phi) is 38.3. The van der Waals surface area contributed by atoms with Crippen molar-refractivity contribution < 1.29 is 22.9 Å². The maximum atomic E-state index is 12.5. The summed E-state index contributed by atoms with van der Waals surface area (Å²) >= 11 is 0. The van der Waals surface area contributed by atoms with E-state index in [2.05, 4.69) is 92.1 Å². The maximum absolute atomic E-state index is 12.5. The van der Waals surface area contributed by atoms with Crippen LogP contribution in [-0.2, 0) is 14.9 Å². The molecule has 3 N–H and O–H groups in total. The van der Waals surface area contributed by atoms with Crippen molar-refractivity contribution in [2.24, 2.45) is 0 Å². The summed E-state index contributed by atoms with van der Waals surface area (Å²) in [5, 5.41) is 13.2. The van der Waals surface area contributed by atoms with E-state index in [0.717, 1.165) is 70.6 Å². The number of rotatable bonds is 38. The van der Waals surface area contributed by atoms with E-state index >= 15 is 0 Å². The van der Waals surface area contributed by atoms with Crippen molar-refractivity contribution in [2.75, 3.05) is 5.75 Å². The molecule has 2 unspecified atom stereocenters. The van der Waals surface area contributed by atoms with Gasteiger partial charge in [0.25, 0.3) is 10.1 Å². The summed E-state index contributed by atoms with van der Waals surface area (Å²) < 4.78 is 32.5. The highest BCUT2D eigenvalue weighted by molar-refractivity contribution is 7.85. The lowest BCUT2D eigenvalue weighted by Crippen LogP contribution is -2.46. The van der Waals surface area contributed by atoms with Gasteiger partial charge in [0, 0.05) is 6.42 Å². The Morgan fingerprint density at radius 3 is 1.39 bits per heavy atom. The number of aliphatic hydroxyl groups is 1. The monoisotopic (exact) mass is 772 g/mol. The molecule has 0 rings (SSSR count). The van der Waals surface area contributed by atoms with Crippen molar-refractivity contribution in [1.29, 1.82) is 0 Å². The van der Waals surface area contributed by atoms with Crippen LogP contribution in [0.5, 0.6) is 0 Å². The summed E-state index contributed by atoms with van der Waals surface area (Å²) in [5.74, 6) is -1.03. The van der Waals surface area contributed by atoms with Gasteiger partial charge < -0.3 is 10.4 Å². The predicted octanol–water partition coefficient (Wildman–Crippen LogP) is 13.2. The van der Waals surface area contributed by atoms with Gasteiger partial charge in [-0.15, -0.1) is 0 Å². The molecule has 0 aliphatic heterocycles. The van der Waals surface area contributed by atoms with E-state index in [1.165, 1.54) is 89.5 Å². The Bertz CT molecular complexity index is 1160. The quantitative estimate of drug-likeness (QED) is 0.0329. The van der Waals surface area contributed by atoms with Crippen LogP contribution in [0, 0.1) is 0 Å². The van der Waals surface area contributed by atoms with Gasteiger partial charge in [-0.3, -0.25) is 9.35 Å². The molecule has 0 aromatic rings. The van der Waals surface area contributed by atoms with E-state index in [9.17, 15) is 22.9 Å². The highest BCUT2D eigenvalue weighted by atomic mass is 32.2. The van der Waals surface area contributed by atoms with Crippen molar-refractivity contribution in [2.45, 2.75) is 199 Å². The first-order valence-electron chi connectivity index (χ1n) is 21.8. The molecule has 2 atom stereocenters. The Labute approximate surface area is 333 Å². The van der Waals surface area contributed by atoms with E-state index in [1.807, 2.05) is 0 Å². The fourth-order valence-electron chi connectivity index (χ4n) is 6.06. The maximum Gasteiger partial charge on any atom is 0.267 e. The smallest absolute Gasteiger partial charge is 0.267 e. The van der Waals surface area contributed by atoms with Crippen LogP contribution in [0.4, 0.5) is 0 Å². The summed E-state index contributed by atoms with van der Waals surface area (Å²) in [7, 11) is -4.37. The Balaban J connectivity index is 4.00. The molecule has 0 saturated heterocycles. The number of allylic oxidation sites excluding steroid dienone is 13. The van der Waals surface area contributed by atoms with Gasteiger partial charge in [-0.25, -0.2) is 0 Å². The molecule has 0 radical (unpaired) electrons. The van der Waals surface area contributed by atoms with Crippen LogP contribution in [-0.4, -0.2) is 41.9 Å². The summed E-state index contributed by atoms with van der Waals surface area (Å²) in [6.45, 7) is 4.41. The minimum Gasteiger partial charge on any atom is -0.387 e. The van der Waals surface area contributed by atoms with Gasteiger partial charge in [0.15, 0.2) is 0 Å². The highest BCUT2D eigenvalue weighted by Crippen LogP contribution is 2.13. The normalized spacial score (nSPS) is 14.1. The fraction of sp³-hybridized carbons (Fsp3) is 0.681. The lowest BCUT2D eigenvalue weighted by atomic mass is 10.1. The van der Waals surface area contributed by atoms with Gasteiger partial charge in [-0.05, 0) is 83.5 Å². The first-order valence-corrected chi connectivity index (χ1v) is 23.4. The Morgan fingerprint density at radius 2 is 0.907 bits per heavy atom. The second-order valence-electron chi connectivity index (χ2n) is 14.6. The molecule has 0 aromatic heterocycles. The Morgan fingerprint density at radius 1 is 0.519 bits per heavy atom. The number of hydrogen-bond donors (Lipinski definition) is 3. The molecule has 0 aromatic carbocycles. The third-order valence-corrected chi connectivity index (χ3v) is 10.1. The third-order valence-electron chi connectivity index (χ3n) is 9.28. The first kappa shape index (κ1) is 51.5. The average Bonchev–Trinajstić information content (AvgIpc) is 3.14. The molecule has 310 valence electrons. The minimum absolute atomic E-state index is 0.270. The number of aliphatic hydroxyl groups excluding tert-OH is 1. The average molecular weight is 772 g/mol. The molecule has 0 aliphatic carbocycles. The number of nitrogens with one attached hydrogen (secondary N) is 1. The van der Waals surface area contributed by atoms with E-state index in [4.69, 9.17) is 0 Å². The second kappa shape index (κ2) is 40.2. The summed E-state index contributed by atoms with van der Waals surface area (Å²) in [4.78, 5) is 12.5. The van der Waals surface area contributed by atoms with E-state index < -0.39 is 28.0 Å². The third kappa shape index (κ3) is 40.7. The molecule has 0 heterocycles. The molecule has 7 heteroatoms. The van der Waals surface area contributed by atoms with Crippen LogP contribution in [0.15, 0.2) is 85.1 Å². The van der Waals surface area contributed by atoms with Crippen molar-refractivity contribution in [1.82, 2.24) is 5.32 Å². The van der Waals surface area contributed by atoms with Gasteiger partial charge >= 0.3 is 0 Å². The van der Waals surface area contributed by atoms with Crippen molar-refractivity contribution in [3.05, 3.63) is 85.1 Å². The van der Waals surface area contributed by atoms with Crippen molar-refractivity contribution in [3.63, 3.8) is 0 Å². The zero-order valence-electron chi connectivity index (χ0n) is 34.6. The van der Waals surface area contributed by atoms with Crippen LogP contribution < -0.4 is 5.32 Å². The molecular weight excluding hydrogens is 691 g/mol. The lowest BCUT2D eigenvalue weighted by Gasteiger charge is -2.21. The molecule has 1 amide bonds. The largest absolute Gasteiger partial charge is 0.387 e. The number of hydrogen-bond acceptors (Lipinski definition) is 4. The summed E-state index contributed by atoms with van der Waals surface area (Å²) in [5.41, 5.74) is 0. The van der Waals surface area contributed by atoms with Gasteiger partial charge in [0.1, 0.15) is 0 Å². The van der Waals surface area contributed by atoms with Gasteiger partial charge in [0.2, 0.25) is 5.91 Å². The second-order valence-corrected chi connectivity index (χ2v) is 16.1. The molecule has 6 nitrogen and oxygen atoms in total. The number of carbonyl (C=O) groups excluding carboxylic acids is 1. The topological polar surface area (TPSA) is 104 Å². The van der Waals surface area contributed by atoms with Crippen LogP contribution in [0.1, 0.15) is 187 Å². The van der Waals surface area contributed by atoms with Gasteiger partial charge in [-0.2, -0.15) is 8.42 Å². The summed E-state index contributed by atoms with van der Waals surface area (Å²) in [6, 6.07) is -1.09. The molecular formula is C47H81NO5S. The van der Waals surface area contributed by atoms with Crippen LogP contribution in [0.25, 0.3) is 0 Å². The van der Waals surface area contributed by atoms with E-state index in [1.54, 1.807) is 6.08 Å². The molecule has 0 fully saturated rings. The lowest BCUT2D eigenvalue weighted by molar-refractivity contribution is -0.122. The zero-order valence-corrected chi connectivity index (χ0v) is 35.4. The minimum atomic E-state index is -4.37. The number of unbranched alkanes of at least 4 members (excludes halogenated alkanes) is 18. The van der Waals surface area contributed by atoms with E-state index in [-0.39, 0.29) is 12.3 Å². The zero-order chi connectivity index (χ0) is 39.6. The van der Waals surface area contributed by atoms with E-state index in [0.29, 0.717) is 12.8 Å². The SMILES string of the molecule is CC/C=C\C/C=C\C/C=C\C/C=C\CCCCCCCCCCC(=O)NC(CS(=O)(=O)O)C(O)/C=C/CC/C=C/CC/C=C/CCCCCCCCCC. The van der Waals surface area contributed by atoms with Crippen LogP contribution >= 0.6 is 0 Å². The fourth-order valence-corrected chi connectivity index (χ4v) is 6.79. The molecule has 54 heavy (non-hydrogen) atoms. The standard InChI is InChI=1S/C47H81NO5S/c1-3-5-7-9-11-13-15-17-19-21-23-24-25-27-29-31-33-35-37-39-41-43-47(50)48-45(44-54(51,52)53)46(49)42-40-38-36-34-32-30-28-26-22-20-18-16-14-12-10-8-6-4-2/h5,7,11,13,17,19,22-24,26,32,34,40,42,45-46,49H,3-4,6,8-10,12,14-16,18,20-21,25,27-31,33,35-39,41,43-44H2,1-2H3,(H,48,50)(H,51,52,53)/b7-5-,13-11-,19-17-,24-23-,26-22+,34-32+,42-40+. The van der Waals surface area contributed by atoms with Gasteiger partial charge in [-0.1, -0.05) is 182 Å². The van der Waals surface area contributed by atoms with Crippen LogP contribution in [0.2, 0.25) is 0 Å². The number of carbonyl (C=O) groups is 1. The molecule has 0 bridgehead atoms. The Hall–Kier alpha value is -2.48. The van der Waals surface area contributed by atoms with Crippen molar-refractivity contribution in [3.8, 4) is 0 Å². The molecule has 0 saturated carbocycles. The summed E-state index contributed by atoms with van der Waals surface area (Å²) in [6.07, 6.45) is 58.5. The predicted molar refractivity (Wildman–Crippen MR) is 234 cm³/mol. The first-order chi connectivity index (χ1) is 26.3.